The van der Waals surface area contributed by atoms with Gasteiger partial charge in [0.1, 0.15) is 0 Å². The molecule has 0 saturated heterocycles. The number of nitro benzene ring substituents is 1. The quantitative estimate of drug-likeness (QED) is 0.279. The third-order valence-electron chi connectivity index (χ3n) is 4.36. The van der Waals surface area contributed by atoms with Gasteiger partial charge in [-0.1, -0.05) is 43.7 Å². The predicted octanol–water partition coefficient (Wildman–Crippen LogP) is 4.52. The number of hydrogen-bond acceptors (Lipinski definition) is 6. The van der Waals surface area contributed by atoms with Gasteiger partial charge in [0.2, 0.25) is 0 Å². The van der Waals surface area contributed by atoms with E-state index in [1.807, 2.05) is 37.3 Å². The Labute approximate surface area is 174 Å². The van der Waals surface area contributed by atoms with E-state index in [1.54, 1.807) is 6.26 Å². The van der Waals surface area contributed by atoms with E-state index in [0.717, 1.165) is 18.4 Å². The van der Waals surface area contributed by atoms with Crippen LogP contribution in [0, 0.1) is 10.1 Å². The van der Waals surface area contributed by atoms with E-state index in [0.29, 0.717) is 4.90 Å². The minimum atomic E-state index is -1.04. The molecule has 0 spiro atoms. The number of ether oxygens (including phenoxy) is 1. The minimum absolute atomic E-state index is 0.0299. The van der Waals surface area contributed by atoms with Crippen molar-refractivity contribution in [3.63, 3.8) is 0 Å². The van der Waals surface area contributed by atoms with E-state index in [1.165, 1.54) is 36.9 Å². The van der Waals surface area contributed by atoms with Crippen molar-refractivity contribution in [2.24, 2.45) is 0 Å². The second-order valence-electron chi connectivity index (χ2n) is 6.45. The lowest BCUT2D eigenvalue weighted by molar-refractivity contribution is -0.387. The van der Waals surface area contributed by atoms with Crippen LogP contribution in [0.1, 0.15) is 48.7 Å². The summed E-state index contributed by atoms with van der Waals surface area (Å²) >= 11 is 1.21. The first-order chi connectivity index (χ1) is 13.9. The SMILES string of the molecule is CCC[C@H](NC(=O)[C@H](C)OC(=O)c1ccc(SC)c([N+](=O)[O-])c1)c1ccccc1. The number of benzene rings is 2. The fourth-order valence-corrected chi connectivity index (χ4v) is 3.37. The topological polar surface area (TPSA) is 98.5 Å². The van der Waals surface area contributed by atoms with E-state index >= 15 is 0 Å². The number of nitro groups is 1. The number of nitrogens with zero attached hydrogens (tertiary/aromatic N) is 1. The highest BCUT2D eigenvalue weighted by molar-refractivity contribution is 7.98. The summed E-state index contributed by atoms with van der Waals surface area (Å²) in [5, 5.41) is 14.1. The molecule has 2 aromatic carbocycles. The fourth-order valence-electron chi connectivity index (χ4n) is 2.83. The van der Waals surface area contributed by atoms with Crippen molar-refractivity contribution < 1.29 is 19.2 Å². The molecular weight excluding hydrogens is 392 g/mol. The van der Waals surface area contributed by atoms with Gasteiger partial charge in [0.25, 0.3) is 11.6 Å². The zero-order valence-electron chi connectivity index (χ0n) is 16.6. The summed E-state index contributed by atoms with van der Waals surface area (Å²) in [7, 11) is 0. The summed E-state index contributed by atoms with van der Waals surface area (Å²) in [5.41, 5.74) is 0.836. The standard InChI is InChI=1S/C21H24N2O5S/c1-4-8-17(15-9-6-5-7-10-15)22-20(24)14(2)28-21(25)16-11-12-19(29-3)18(13-16)23(26)27/h5-7,9-14,17H,4,8H2,1-3H3,(H,22,24)/t14-,17-/m0/s1. The van der Waals surface area contributed by atoms with Crippen LogP contribution in [0.2, 0.25) is 0 Å². The number of amides is 1. The number of nitrogens with one attached hydrogen (secondary N) is 1. The van der Waals surface area contributed by atoms with Crippen LogP contribution in [0.25, 0.3) is 0 Å². The van der Waals surface area contributed by atoms with Gasteiger partial charge in [0.15, 0.2) is 6.10 Å². The lowest BCUT2D eigenvalue weighted by Gasteiger charge is -2.21. The maximum absolute atomic E-state index is 12.5. The van der Waals surface area contributed by atoms with Crippen LogP contribution in [0.5, 0.6) is 0 Å². The molecule has 8 heteroatoms. The molecule has 1 N–H and O–H groups in total. The Morgan fingerprint density at radius 2 is 1.90 bits per heavy atom. The second-order valence-corrected chi connectivity index (χ2v) is 7.30. The minimum Gasteiger partial charge on any atom is -0.449 e. The Hall–Kier alpha value is -2.87. The first kappa shape index (κ1) is 22.4. The molecule has 0 heterocycles. The van der Waals surface area contributed by atoms with Crippen molar-refractivity contribution >= 4 is 29.3 Å². The molecule has 0 radical (unpaired) electrons. The highest BCUT2D eigenvalue weighted by Crippen LogP contribution is 2.28. The Morgan fingerprint density at radius 1 is 1.21 bits per heavy atom. The van der Waals surface area contributed by atoms with Gasteiger partial charge in [-0.3, -0.25) is 14.9 Å². The van der Waals surface area contributed by atoms with Crippen molar-refractivity contribution in [3.05, 3.63) is 69.8 Å². The summed E-state index contributed by atoms with van der Waals surface area (Å²) in [5.74, 6) is -1.20. The molecule has 7 nitrogen and oxygen atoms in total. The van der Waals surface area contributed by atoms with Crippen LogP contribution in [-0.4, -0.2) is 29.2 Å². The molecule has 0 aliphatic carbocycles. The highest BCUT2D eigenvalue weighted by Gasteiger charge is 2.24. The van der Waals surface area contributed by atoms with Crippen LogP contribution in [0.3, 0.4) is 0 Å². The fraction of sp³-hybridized carbons (Fsp3) is 0.333. The van der Waals surface area contributed by atoms with Crippen molar-refractivity contribution in [1.82, 2.24) is 5.32 Å². The van der Waals surface area contributed by atoms with E-state index in [-0.39, 0.29) is 17.3 Å². The third kappa shape index (κ3) is 6.05. The van der Waals surface area contributed by atoms with Gasteiger partial charge in [0.05, 0.1) is 21.4 Å². The smallest absolute Gasteiger partial charge is 0.339 e. The Balaban J connectivity index is 2.07. The summed E-state index contributed by atoms with van der Waals surface area (Å²) in [6.45, 7) is 3.50. The van der Waals surface area contributed by atoms with Crippen molar-refractivity contribution in [3.8, 4) is 0 Å². The summed E-state index contributed by atoms with van der Waals surface area (Å²) in [6, 6.07) is 13.5. The molecule has 154 valence electrons. The van der Waals surface area contributed by atoms with Crippen molar-refractivity contribution in [2.75, 3.05) is 6.26 Å². The number of carbonyl (C=O) groups is 2. The number of esters is 1. The molecule has 2 atom stereocenters. The van der Waals surface area contributed by atoms with E-state index in [2.05, 4.69) is 5.32 Å². The predicted molar refractivity (Wildman–Crippen MR) is 112 cm³/mol. The highest BCUT2D eigenvalue weighted by atomic mass is 32.2. The van der Waals surface area contributed by atoms with Gasteiger partial charge in [-0.05, 0) is 37.3 Å². The number of rotatable bonds is 9. The van der Waals surface area contributed by atoms with E-state index in [4.69, 9.17) is 4.74 Å². The van der Waals surface area contributed by atoms with Gasteiger partial charge in [-0.15, -0.1) is 11.8 Å². The molecule has 0 bridgehead atoms. The largest absolute Gasteiger partial charge is 0.449 e. The first-order valence-electron chi connectivity index (χ1n) is 9.26. The monoisotopic (exact) mass is 416 g/mol. The zero-order valence-corrected chi connectivity index (χ0v) is 17.4. The lowest BCUT2D eigenvalue weighted by Crippen LogP contribution is -2.38. The molecule has 0 aliphatic heterocycles. The van der Waals surface area contributed by atoms with E-state index in [9.17, 15) is 19.7 Å². The molecule has 1 amide bonds. The summed E-state index contributed by atoms with van der Waals surface area (Å²) in [6.07, 6.45) is 2.30. The first-order valence-corrected chi connectivity index (χ1v) is 10.5. The number of thioether (sulfide) groups is 1. The lowest BCUT2D eigenvalue weighted by atomic mass is 10.0. The number of carbonyl (C=O) groups excluding carboxylic acids is 2. The molecule has 2 aromatic rings. The molecule has 2 rings (SSSR count). The molecular formula is C21H24N2O5S. The average Bonchev–Trinajstić information content (AvgIpc) is 2.73. The maximum Gasteiger partial charge on any atom is 0.339 e. The zero-order chi connectivity index (χ0) is 21.4. The molecule has 0 fully saturated rings. The van der Waals surface area contributed by atoms with Crippen LogP contribution >= 0.6 is 11.8 Å². The van der Waals surface area contributed by atoms with Crippen molar-refractivity contribution in [1.29, 1.82) is 0 Å². The van der Waals surface area contributed by atoms with Crippen LogP contribution in [0.15, 0.2) is 53.4 Å². The van der Waals surface area contributed by atoms with E-state index < -0.39 is 22.9 Å². The Bertz CT molecular complexity index is 873. The molecule has 0 unspecified atom stereocenters. The van der Waals surface area contributed by atoms with Gasteiger partial charge in [-0.25, -0.2) is 4.79 Å². The van der Waals surface area contributed by atoms with Crippen molar-refractivity contribution in [2.45, 2.75) is 43.7 Å². The molecule has 0 aliphatic rings. The van der Waals surface area contributed by atoms with Crippen LogP contribution in [0.4, 0.5) is 5.69 Å². The van der Waals surface area contributed by atoms with Gasteiger partial charge < -0.3 is 10.1 Å². The normalized spacial score (nSPS) is 12.7. The average molecular weight is 416 g/mol. The molecule has 0 saturated carbocycles. The van der Waals surface area contributed by atoms with Crippen LogP contribution in [-0.2, 0) is 9.53 Å². The van der Waals surface area contributed by atoms with Crippen LogP contribution < -0.4 is 5.32 Å². The van der Waals surface area contributed by atoms with Gasteiger partial charge >= 0.3 is 5.97 Å². The number of hydrogen-bond donors (Lipinski definition) is 1. The van der Waals surface area contributed by atoms with Gasteiger partial charge in [-0.2, -0.15) is 0 Å². The molecule has 0 aromatic heterocycles. The second kappa shape index (κ2) is 10.6. The van der Waals surface area contributed by atoms with Gasteiger partial charge in [0, 0.05) is 6.07 Å². The Morgan fingerprint density at radius 3 is 2.48 bits per heavy atom. The third-order valence-corrected chi connectivity index (χ3v) is 5.15. The summed E-state index contributed by atoms with van der Waals surface area (Å²) < 4.78 is 5.24. The Kier molecular flexibility index (Phi) is 8.21. The maximum atomic E-state index is 12.5. The molecule has 29 heavy (non-hydrogen) atoms. The summed E-state index contributed by atoms with van der Waals surface area (Å²) in [4.78, 5) is 36.0.